The van der Waals surface area contributed by atoms with Gasteiger partial charge in [0.15, 0.2) is 0 Å². The van der Waals surface area contributed by atoms with Crippen LogP contribution in [0.3, 0.4) is 0 Å². The Morgan fingerprint density at radius 3 is 2.00 bits per heavy atom. The van der Waals surface area contributed by atoms with Crippen molar-refractivity contribution in [2.45, 2.75) is 91.5 Å². The van der Waals surface area contributed by atoms with E-state index in [1.165, 1.54) is 132 Å². The molecule has 7 aromatic rings. The molecule has 0 radical (unpaired) electrons. The topological polar surface area (TPSA) is 46.6 Å². The van der Waals surface area contributed by atoms with Gasteiger partial charge >= 0.3 is 5.97 Å². The summed E-state index contributed by atoms with van der Waals surface area (Å²) in [7, 11) is 0. The molecule has 5 heterocycles. The first kappa shape index (κ1) is 38.0. The van der Waals surface area contributed by atoms with Crippen molar-refractivity contribution in [3.8, 4) is 39.7 Å². The molecule has 2 aromatic carbocycles. The van der Waals surface area contributed by atoms with Crippen molar-refractivity contribution in [3.05, 3.63) is 112 Å². The Balaban J connectivity index is 1.27. The van der Waals surface area contributed by atoms with Crippen LogP contribution >= 0.6 is 45.3 Å². The molecule has 1 N–H and O–H groups in total. The van der Waals surface area contributed by atoms with Gasteiger partial charge in [-0.2, -0.15) is 0 Å². The summed E-state index contributed by atoms with van der Waals surface area (Å²) in [5, 5.41) is 12.0. The Hall–Kier alpha value is -4.26. The van der Waals surface area contributed by atoms with Crippen molar-refractivity contribution in [2.24, 2.45) is 0 Å². The summed E-state index contributed by atoms with van der Waals surface area (Å²) in [6.45, 7) is 14.9. The van der Waals surface area contributed by atoms with E-state index < -0.39 is 5.97 Å². The lowest BCUT2D eigenvalue weighted by atomic mass is 10.0. The number of aryl methyl sites for hydroxylation is 3. The van der Waals surface area contributed by atoms with Crippen LogP contribution in [0.25, 0.3) is 72.4 Å². The highest BCUT2D eigenvalue weighted by molar-refractivity contribution is 7.29. The molecule has 8 heteroatoms. The van der Waals surface area contributed by atoms with Crippen molar-refractivity contribution in [2.75, 3.05) is 0 Å². The SMILES string of the molecule is [C-]#[N+]C(=Cc1ccc(-c2ccc(-c3cc(CCCCCC)c(-c4cc(CCCCCC)c(-c5ccc6c(c5)c5ccccc5n6CC)s4)s3)s2)s1)C(=O)O. The van der Waals surface area contributed by atoms with Crippen molar-refractivity contribution >= 4 is 79.2 Å². The Kier molecular flexibility index (Phi) is 12.3. The van der Waals surface area contributed by atoms with E-state index in [4.69, 9.17) is 6.57 Å². The summed E-state index contributed by atoms with van der Waals surface area (Å²) in [6, 6.07) is 29.3. The van der Waals surface area contributed by atoms with Gasteiger partial charge in [0, 0.05) is 67.4 Å². The number of hydrogen-bond acceptors (Lipinski definition) is 5. The molecule has 0 atom stereocenters. The Bertz CT molecular complexity index is 2480. The van der Waals surface area contributed by atoms with Gasteiger partial charge in [-0.25, -0.2) is 4.85 Å². The number of thiophene rings is 4. The number of rotatable bonds is 17. The van der Waals surface area contributed by atoms with E-state index in [1.807, 2.05) is 34.8 Å². The van der Waals surface area contributed by atoms with Crippen molar-refractivity contribution in [1.82, 2.24) is 4.57 Å². The minimum Gasteiger partial charge on any atom is -0.486 e. The smallest absolute Gasteiger partial charge is 0.333 e. The van der Waals surface area contributed by atoms with Crippen molar-refractivity contribution in [1.29, 1.82) is 0 Å². The number of aliphatic carboxylic acids is 1. The second kappa shape index (κ2) is 17.5. The normalized spacial score (nSPS) is 11.9. The number of para-hydroxylation sites is 1. The van der Waals surface area contributed by atoms with Gasteiger partial charge in [0.05, 0.1) is 6.57 Å². The summed E-state index contributed by atoms with van der Waals surface area (Å²) < 4.78 is 2.44. The third-order valence-electron chi connectivity index (χ3n) is 10.1. The van der Waals surface area contributed by atoms with Gasteiger partial charge in [-0.15, -0.1) is 45.3 Å². The Labute approximate surface area is 334 Å². The number of carboxylic acid groups (broad SMARTS) is 1. The van der Waals surface area contributed by atoms with Crippen LogP contribution in [-0.4, -0.2) is 15.6 Å². The molecule has 0 aliphatic rings. The summed E-state index contributed by atoms with van der Waals surface area (Å²) in [6.07, 6.45) is 13.6. The highest BCUT2D eigenvalue weighted by Gasteiger charge is 2.20. The number of nitrogens with zero attached hydrogens (tertiary/aromatic N) is 2. The lowest BCUT2D eigenvalue weighted by Crippen LogP contribution is -1.94. The molecule has 0 unspecified atom stereocenters. The van der Waals surface area contributed by atoms with Gasteiger partial charge in [0.2, 0.25) is 0 Å². The van der Waals surface area contributed by atoms with Crippen LogP contribution in [0.5, 0.6) is 0 Å². The number of benzene rings is 2. The van der Waals surface area contributed by atoms with Crippen LogP contribution in [0.4, 0.5) is 0 Å². The van der Waals surface area contributed by atoms with E-state index in [0.29, 0.717) is 0 Å². The molecule has 0 aliphatic carbocycles. The molecule has 5 aromatic heterocycles. The average molecular weight is 787 g/mol. The second-order valence-electron chi connectivity index (χ2n) is 13.9. The summed E-state index contributed by atoms with van der Waals surface area (Å²) in [4.78, 5) is 24.3. The van der Waals surface area contributed by atoms with E-state index in [0.717, 1.165) is 34.0 Å². The van der Waals surface area contributed by atoms with E-state index in [-0.39, 0.29) is 5.70 Å². The number of fused-ring (bicyclic) bond motifs is 3. The summed E-state index contributed by atoms with van der Waals surface area (Å²) >= 11 is 7.21. The van der Waals surface area contributed by atoms with Crippen LogP contribution in [0.15, 0.2) is 84.6 Å². The van der Waals surface area contributed by atoms with Gasteiger partial charge in [0.25, 0.3) is 5.70 Å². The fraction of sp³-hybridized carbons (Fsp3) is 0.304. The molecule has 0 saturated heterocycles. The van der Waals surface area contributed by atoms with E-state index in [2.05, 4.69) is 96.9 Å². The molecule has 0 fully saturated rings. The Morgan fingerprint density at radius 1 is 0.667 bits per heavy atom. The first-order valence-electron chi connectivity index (χ1n) is 19.2. The van der Waals surface area contributed by atoms with Crippen molar-refractivity contribution in [3.63, 3.8) is 0 Å². The second-order valence-corrected chi connectivity index (χ2v) is 18.2. The monoisotopic (exact) mass is 786 g/mol. The highest BCUT2D eigenvalue weighted by Crippen LogP contribution is 2.48. The molecular weight excluding hydrogens is 741 g/mol. The largest absolute Gasteiger partial charge is 0.486 e. The minimum absolute atomic E-state index is 0.265. The minimum atomic E-state index is -1.19. The number of aromatic nitrogens is 1. The van der Waals surface area contributed by atoms with Crippen LogP contribution in [-0.2, 0) is 24.2 Å². The molecule has 0 aliphatic heterocycles. The summed E-state index contributed by atoms with van der Waals surface area (Å²) in [5.41, 5.74) is 6.60. The molecule has 276 valence electrons. The molecule has 4 nitrogen and oxygen atoms in total. The molecule has 7 rings (SSSR count). The molecular formula is C46H46N2O2S4. The summed E-state index contributed by atoms with van der Waals surface area (Å²) in [5.74, 6) is -1.19. The maximum Gasteiger partial charge on any atom is 0.333 e. The zero-order valence-electron chi connectivity index (χ0n) is 31.2. The molecule has 54 heavy (non-hydrogen) atoms. The maximum absolute atomic E-state index is 11.4. The number of hydrogen-bond donors (Lipinski definition) is 1. The zero-order chi connectivity index (χ0) is 37.6. The first-order chi connectivity index (χ1) is 26.4. The van der Waals surface area contributed by atoms with Crippen LogP contribution in [0, 0.1) is 6.57 Å². The van der Waals surface area contributed by atoms with E-state index in [9.17, 15) is 9.90 Å². The van der Waals surface area contributed by atoms with Crippen LogP contribution < -0.4 is 0 Å². The highest BCUT2D eigenvalue weighted by atomic mass is 32.1. The standard InChI is InChI=1S/C46H46N2O2S4/c1-5-8-10-12-16-30-28-43(54-44(30)32-20-22-38-35(26-32)34-18-14-15-19-37(34)48(38)7-3)45-31(17-13-11-9-6-2)27-42(53-45)41-25-24-40(52-41)39-23-21-33(51-39)29-36(47-4)46(49)50/h14-15,18-29H,5-13,16-17H2,1-3H3,(H,49,50). The van der Waals surface area contributed by atoms with Gasteiger partial charge < -0.3 is 9.67 Å². The number of carboxylic acids is 1. The fourth-order valence-corrected chi connectivity index (χ4v) is 12.1. The predicted molar refractivity (Wildman–Crippen MR) is 236 cm³/mol. The number of carbonyl (C=O) groups is 1. The van der Waals surface area contributed by atoms with Crippen LogP contribution in [0.2, 0.25) is 0 Å². The van der Waals surface area contributed by atoms with Gasteiger partial charge in [0.1, 0.15) is 0 Å². The zero-order valence-corrected chi connectivity index (χ0v) is 34.5. The Morgan fingerprint density at radius 2 is 1.30 bits per heavy atom. The molecule has 0 amide bonds. The van der Waals surface area contributed by atoms with E-state index >= 15 is 0 Å². The van der Waals surface area contributed by atoms with Crippen molar-refractivity contribution < 1.29 is 9.90 Å². The maximum atomic E-state index is 11.4. The third-order valence-corrected chi connectivity index (χ3v) is 15.2. The van der Waals surface area contributed by atoms with Gasteiger partial charge in [-0.1, -0.05) is 76.6 Å². The number of unbranched alkanes of at least 4 members (excludes halogenated alkanes) is 6. The molecule has 0 saturated carbocycles. The quantitative estimate of drug-likeness (QED) is 0.0568. The van der Waals surface area contributed by atoms with Gasteiger partial charge in [-0.3, -0.25) is 4.79 Å². The average Bonchev–Trinajstić information content (AvgIpc) is 4.03. The van der Waals surface area contributed by atoms with E-state index in [1.54, 1.807) is 11.3 Å². The first-order valence-corrected chi connectivity index (χ1v) is 22.5. The van der Waals surface area contributed by atoms with Crippen LogP contribution in [0.1, 0.15) is 88.1 Å². The fourth-order valence-electron chi connectivity index (χ4n) is 7.38. The predicted octanol–water partition coefficient (Wildman–Crippen LogP) is 15.3. The third kappa shape index (κ3) is 8.06. The molecule has 0 bridgehead atoms. The lowest BCUT2D eigenvalue weighted by molar-refractivity contribution is -0.132. The lowest BCUT2D eigenvalue weighted by Gasteiger charge is -2.06. The van der Waals surface area contributed by atoms with Gasteiger partial charge in [-0.05, 0) is 110 Å². The molecule has 0 spiro atoms.